The molecule has 2 aromatic carbocycles. The van der Waals surface area contributed by atoms with E-state index in [0.717, 1.165) is 9.87 Å². The van der Waals surface area contributed by atoms with Crippen LogP contribution in [0.1, 0.15) is 15.9 Å². The van der Waals surface area contributed by atoms with Gasteiger partial charge in [-0.25, -0.2) is 17.5 Å². The number of benzene rings is 2. The third-order valence-corrected chi connectivity index (χ3v) is 5.58. The van der Waals surface area contributed by atoms with E-state index in [4.69, 9.17) is 9.47 Å². The molecule has 0 aliphatic heterocycles. The Morgan fingerprint density at radius 2 is 1.61 bits per heavy atom. The molecule has 2 aromatic rings. The Balaban J connectivity index is 1.89. The maximum Gasteiger partial charge on any atom is 0.338 e. The Kier molecular flexibility index (Phi) is 7.27. The van der Waals surface area contributed by atoms with Crippen LogP contribution in [0.15, 0.2) is 53.4 Å². The van der Waals surface area contributed by atoms with Gasteiger partial charge < -0.3 is 14.8 Å². The van der Waals surface area contributed by atoms with Crippen molar-refractivity contribution in [3.05, 3.63) is 59.7 Å². The zero-order chi connectivity index (χ0) is 20.7. The number of esters is 1. The first-order valence-corrected chi connectivity index (χ1v) is 9.75. The zero-order valence-electron chi connectivity index (χ0n) is 15.8. The molecule has 0 atom stereocenters. The molecule has 9 heteroatoms. The lowest BCUT2D eigenvalue weighted by molar-refractivity contribution is -0.119. The molecule has 0 unspecified atom stereocenters. The standard InChI is InChI=1S/C19H22N2O6S/c1-21(2)28(24,25)17-10-8-16(9-11-17)20-18(22)13-27-19(23)15-6-4-14(5-7-15)12-26-3/h4-11H,12-13H2,1-3H3,(H,20,22). The fraction of sp³-hybridized carbons (Fsp3) is 0.263. The molecule has 0 aliphatic carbocycles. The maximum absolute atomic E-state index is 12.0. The summed E-state index contributed by atoms with van der Waals surface area (Å²) in [5, 5.41) is 2.54. The molecule has 0 saturated heterocycles. The summed E-state index contributed by atoms with van der Waals surface area (Å²) in [4.78, 5) is 24.0. The second kappa shape index (κ2) is 9.45. The number of hydrogen-bond acceptors (Lipinski definition) is 6. The zero-order valence-corrected chi connectivity index (χ0v) is 16.7. The molecule has 0 aliphatic rings. The predicted molar refractivity (Wildman–Crippen MR) is 103 cm³/mol. The topological polar surface area (TPSA) is 102 Å². The molecule has 0 radical (unpaired) electrons. The highest BCUT2D eigenvalue weighted by molar-refractivity contribution is 7.89. The Bertz CT molecular complexity index is 922. The molecule has 0 spiro atoms. The summed E-state index contributed by atoms with van der Waals surface area (Å²) in [5.41, 5.74) is 1.63. The van der Waals surface area contributed by atoms with Crippen molar-refractivity contribution in [3.8, 4) is 0 Å². The van der Waals surface area contributed by atoms with E-state index in [1.54, 1.807) is 31.4 Å². The number of rotatable bonds is 8. The van der Waals surface area contributed by atoms with Crippen LogP contribution >= 0.6 is 0 Å². The minimum atomic E-state index is -3.54. The summed E-state index contributed by atoms with van der Waals surface area (Å²) in [7, 11) is 0.911. The first-order chi connectivity index (χ1) is 13.2. The average Bonchev–Trinajstić information content (AvgIpc) is 2.67. The van der Waals surface area contributed by atoms with Crippen LogP contribution in [-0.2, 0) is 30.9 Å². The van der Waals surface area contributed by atoms with E-state index in [0.29, 0.717) is 17.9 Å². The molecule has 8 nitrogen and oxygen atoms in total. The minimum Gasteiger partial charge on any atom is -0.452 e. The third-order valence-electron chi connectivity index (χ3n) is 3.75. The van der Waals surface area contributed by atoms with Crippen LogP contribution in [0, 0.1) is 0 Å². The van der Waals surface area contributed by atoms with Crippen molar-refractivity contribution in [2.45, 2.75) is 11.5 Å². The molecule has 28 heavy (non-hydrogen) atoms. The van der Waals surface area contributed by atoms with Crippen LogP contribution in [0.2, 0.25) is 0 Å². The number of carbonyl (C=O) groups is 2. The van der Waals surface area contributed by atoms with Crippen LogP contribution in [0.25, 0.3) is 0 Å². The molecule has 1 N–H and O–H groups in total. The quantitative estimate of drug-likeness (QED) is 0.672. The van der Waals surface area contributed by atoms with Gasteiger partial charge in [0.15, 0.2) is 6.61 Å². The molecule has 2 rings (SSSR count). The van der Waals surface area contributed by atoms with Gasteiger partial charge in [0.25, 0.3) is 5.91 Å². The van der Waals surface area contributed by atoms with E-state index in [1.807, 2.05) is 0 Å². The molecular formula is C19H22N2O6S. The molecule has 150 valence electrons. The summed E-state index contributed by atoms with van der Waals surface area (Å²) in [6.45, 7) is -0.0250. The smallest absolute Gasteiger partial charge is 0.338 e. The number of methoxy groups -OCH3 is 1. The van der Waals surface area contributed by atoms with Gasteiger partial charge in [0.1, 0.15) is 0 Å². The van der Waals surface area contributed by atoms with Crippen molar-refractivity contribution in [2.75, 3.05) is 33.1 Å². The SMILES string of the molecule is COCc1ccc(C(=O)OCC(=O)Nc2ccc(S(=O)(=O)N(C)C)cc2)cc1. The molecule has 0 bridgehead atoms. The molecule has 1 amide bonds. The summed E-state index contributed by atoms with van der Waals surface area (Å²) in [6, 6.07) is 12.4. The van der Waals surface area contributed by atoms with Gasteiger partial charge in [-0.3, -0.25) is 4.79 Å². The van der Waals surface area contributed by atoms with Gasteiger partial charge in [-0.05, 0) is 42.0 Å². The van der Waals surface area contributed by atoms with Crippen molar-refractivity contribution in [3.63, 3.8) is 0 Å². The maximum atomic E-state index is 12.0. The Hall–Kier alpha value is -2.75. The molecule has 0 heterocycles. The number of ether oxygens (including phenoxy) is 2. The van der Waals surface area contributed by atoms with Crippen LogP contribution in [0.4, 0.5) is 5.69 Å². The lowest BCUT2D eigenvalue weighted by atomic mass is 10.1. The predicted octanol–water partition coefficient (Wildman–Crippen LogP) is 1.88. The Labute approximate surface area is 164 Å². The van der Waals surface area contributed by atoms with Crippen molar-refractivity contribution in [1.29, 1.82) is 0 Å². The van der Waals surface area contributed by atoms with E-state index >= 15 is 0 Å². The minimum absolute atomic E-state index is 0.110. The van der Waals surface area contributed by atoms with E-state index in [2.05, 4.69) is 5.32 Å². The molecule has 0 fully saturated rings. The van der Waals surface area contributed by atoms with Gasteiger partial charge in [-0.2, -0.15) is 0 Å². The number of nitrogens with one attached hydrogen (secondary N) is 1. The summed E-state index contributed by atoms with van der Waals surface area (Å²) >= 11 is 0. The van der Waals surface area contributed by atoms with Crippen molar-refractivity contribution in [1.82, 2.24) is 4.31 Å². The molecule has 0 saturated carbocycles. The lowest BCUT2D eigenvalue weighted by Gasteiger charge is -2.12. The first kappa shape index (κ1) is 21.5. The summed E-state index contributed by atoms with van der Waals surface area (Å²) < 4.78 is 35.1. The fourth-order valence-electron chi connectivity index (χ4n) is 2.24. The normalized spacial score (nSPS) is 11.3. The molecule has 0 aromatic heterocycles. The number of sulfonamides is 1. The number of carbonyl (C=O) groups excluding carboxylic acids is 2. The highest BCUT2D eigenvalue weighted by atomic mass is 32.2. The van der Waals surface area contributed by atoms with Crippen LogP contribution < -0.4 is 5.32 Å². The van der Waals surface area contributed by atoms with Gasteiger partial charge in [-0.15, -0.1) is 0 Å². The van der Waals surface area contributed by atoms with Crippen LogP contribution in [0.3, 0.4) is 0 Å². The molecular weight excluding hydrogens is 384 g/mol. The van der Waals surface area contributed by atoms with Gasteiger partial charge in [0.2, 0.25) is 10.0 Å². The van der Waals surface area contributed by atoms with Gasteiger partial charge in [-0.1, -0.05) is 12.1 Å². The number of amides is 1. The Morgan fingerprint density at radius 3 is 2.14 bits per heavy atom. The van der Waals surface area contributed by atoms with Gasteiger partial charge in [0, 0.05) is 26.9 Å². The second-order valence-electron chi connectivity index (χ2n) is 6.07. The Morgan fingerprint density at radius 1 is 1.00 bits per heavy atom. The summed E-state index contributed by atoms with van der Waals surface area (Å²) in [6.07, 6.45) is 0. The number of nitrogens with zero attached hydrogens (tertiary/aromatic N) is 1. The monoisotopic (exact) mass is 406 g/mol. The first-order valence-electron chi connectivity index (χ1n) is 8.31. The fourth-order valence-corrected chi connectivity index (χ4v) is 3.14. The number of anilines is 1. The second-order valence-corrected chi connectivity index (χ2v) is 8.22. The summed E-state index contributed by atoms with van der Waals surface area (Å²) in [5.74, 6) is -1.15. The average molecular weight is 406 g/mol. The van der Waals surface area contributed by atoms with Gasteiger partial charge in [0.05, 0.1) is 17.1 Å². The largest absolute Gasteiger partial charge is 0.452 e. The van der Waals surface area contributed by atoms with E-state index < -0.39 is 28.5 Å². The van der Waals surface area contributed by atoms with Crippen molar-refractivity contribution < 1.29 is 27.5 Å². The third kappa shape index (κ3) is 5.62. The van der Waals surface area contributed by atoms with E-state index in [9.17, 15) is 18.0 Å². The highest BCUT2D eigenvalue weighted by Gasteiger charge is 2.17. The van der Waals surface area contributed by atoms with E-state index in [-0.39, 0.29) is 4.90 Å². The van der Waals surface area contributed by atoms with Crippen molar-refractivity contribution in [2.24, 2.45) is 0 Å². The van der Waals surface area contributed by atoms with Gasteiger partial charge >= 0.3 is 5.97 Å². The highest BCUT2D eigenvalue weighted by Crippen LogP contribution is 2.16. The lowest BCUT2D eigenvalue weighted by Crippen LogP contribution is -2.22. The number of hydrogen-bond donors (Lipinski definition) is 1. The van der Waals surface area contributed by atoms with E-state index in [1.165, 1.54) is 38.4 Å². The van der Waals surface area contributed by atoms with Crippen LogP contribution in [0.5, 0.6) is 0 Å². The van der Waals surface area contributed by atoms with Crippen LogP contribution in [-0.4, -0.2) is 52.4 Å². The van der Waals surface area contributed by atoms with Crippen molar-refractivity contribution >= 4 is 27.6 Å².